The van der Waals surface area contributed by atoms with Gasteiger partial charge in [-0.1, -0.05) is 18.2 Å². The van der Waals surface area contributed by atoms with Gasteiger partial charge in [-0.25, -0.2) is 9.78 Å². The number of nitrogens with zero attached hydrogens (tertiary/aromatic N) is 2. The number of esters is 1. The number of amides is 2. The summed E-state index contributed by atoms with van der Waals surface area (Å²) in [4.78, 5) is 41.7. The zero-order valence-corrected chi connectivity index (χ0v) is 16.6. The van der Waals surface area contributed by atoms with Gasteiger partial charge in [0.2, 0.25) is 11.8 Å². The number of aromatic nitrogens is 1. The Labute approximate surface area is 172 Å². The molecule has 0 spiro atoms. The van der Waals surface area contributed by atoms with Crippen molar-refractivity contribution in [3.05, 3.63) is 65.9 Å². The highest BCUT2D eigenvalue weighted by Gasteiger charge is 2.21. The number of carbonyl (C=O) groups excluding carboxylic acids is 3. The van der Waals surface area contributed by atoms with E-state index in [9.17, 15) is 14.4 Å². The second-order valence-electron chi connectivity index (χ2n) is 6.47. The molecule has 2 heterocycles. The van der Waals surface area contributed by atoms with Crippen LogP contribution in [0.25, 0.3) is 11.5 Å². The number of rotatable bonds is 8. The van der Waals surface area contributed by atoms with Crippen LogP contribution in [0.1, 0.15) is 22.0 Å². The third-order valence-corrected chi connectivity index (χ3v) is 4.18. The van der Waals surface area contributed by atoms with E-state index in [1.54, 1.807) is 31.2 Å². The van der Waals surface area contributed by atoms with Crippen LogP contribution in [0.2, 0.25) is 0 Å². The maximum atomic E-state index is 12.3. The van der Waals surface area contributed by atoms with E-state index in [1.165, 1.54) is 13.3 Å². The van der Waals surface area contributed by atoms with Crippen LogP contribution in [-0.4, -0.2) is 47.9 Å². The molecule has 0 radical (unpaired) electrons. The van der Waals surface area contributed by atoms with Crippen LogP contribution < -0.4 is 5.32 Å². The maximum Gasteiger partial charge on any atom is 0.361 e. The lowest BCUT2D eigenvalue weighted by molar-refractivity contribution is -0.137. The number of aryl methyl sites for hydroxylation is 1. The zero-order valence-electron chi connectivity index (χ0n) is 16.6. The predicted molar refractivity (Wildman–Crippen MR) is 105 cm³/mol. The minimum absolute atomic E-state index is 0.000460. The van der Waals surface area contributed by atoms with E-state index >= 15 is 0 Å². The van der Waals surface area contributed by atoms with Crippen LogP contribution in [0, 0.1) is 6.92 Å². The van der Waals surface area contributed by atoms with Gasteiger partial charge in [0.05, 0.1) is 19.4 Å². The molecule has 0 aliphatic rings. The highest BCUT2D eigenvalue weighted by atomic mass is 16.5. The van der Waals surface area contributed by atoms with Gasteiger partial charge in [0, 0.05) is 12.6 Å². The van der Waals surface area contributed by atoms with Crippen molar-refractivity contribution in [2.24, 2.45) is 0 Å². The molecule has 0 atom stereocenters. The number of benzene rings is 1. The molecule has 0 saturated carbocycles. The molecule has 30 heavy (non-hydrogen) atoms. The lowest BCUT2D eigenvalue weighted by Crippen LogP contribution is -2.39. The standard InChI is InChI=1S/C21H21N3O6/c1-14-19(23-20(30-14)15-7-4-3-5-8-15)21(27)29-13-18(26)24(2)12-17(25)22-11-16-9-6-10-28-16/h3-10H,11-13H2,1-2H3,(H,22,25). The quantitative estimate of drug-likeness (QED) is 0.565. The lowest BCUT2D eigenvalue weighted by Gasteiger charge is -2.16. The van der Waals surface area contributed by atoms with Crippen molar-refractivity contribution in [2.45, 2.75) is 13.5 Å². The van der Waals surface area contributed by atoms with Crippen molar-refractivity contribution in [3.8, 4) is 11.5 Å². The molecule has 0 bridgehead atoms. The molecule has 3 aromatic rings. The molecule has 156 valence electrons. The van der Waals surface area contributed by atoms with Crippen LogP contribution in [-0.2, 0) is 20.9 Å². The molecular formula is C21H21N3O6. The van der Waals surface area contributed by atoms with Gasteiger partial charge in [-0.3, -0.25) is 9.59 Å². The van der Waals surface area contributed by atoms with Gasteiger partial charge in [-0.05, 0) is 31.2 Å². The number of hydrogen-bond donors (Lipinski definition) is 1. The summed E-state index contributed by atoms with van der Waals surface area (Å²) < 4.78 is 15.7. The zero-order chi connectivity index (χ0) is 21.5. The Bertz CT molecular complexity index is 1010. The van der Waals surface area contributed by atoms with E-state index in [2.05, 4.69) is 10.3 Å². The molecule has 2 amide bonds. The van der Waals surface area contributed by atoms with Crippen molar-refractivity contribution >= 4 is 17.8 Å². The second kappa shape index (κ2) is 9.55. The third-order valence-electron chi connectivity index (χ3n) is 4.18. The molecule has 1 aromatic carbocycles. The molecular weight excluding hydrogens is 390 g/mol. The van der Waals surface area contributed by atoms with Crippen molar-refractivity contribution in [3.63, 3.8) is 0 Å². The fourth-order valence-electron chi connectivity index (χ4n) is 2.55. The maximum absolute atomic E-state index is 12.3. The van der Waals surface area contributed by atoms with Gasteiger partial charge in [0.1, 0.15) is 11.5 Å². The number of ether oxygens (including phenoxy) is 1. The SMILES string of the molecule is Cc1oc(-c2ccccc2)nc1C(=O)OCC(=O)N(C)CC(=O)NCc1ccco1. The summed E-state index contributed by atoms with van der Waals surface area (Å²) in [6.07, 6.45) is 1.50. The molecule has 0 unspecified atom stereocenters. The number of furan rings is 1. The number of oxazole rings is 1. The van der Waals surface area contributed by atoms with Gasteiger partial charge >= 0.3 is 5.97 Å². The van der Waals surface area contributed by atoms with Crippen LogP contribution in [0.5, 0.6) is 0 Å². The monoisotopic (exact) mass is 411 g/mol. The van der Waals surface area contributed by atoms with Gasteiger partial charge in [-0.2, -0.15) is 0 Å². The van der Waals surface area contributed by atoms with Gasteiger partial charge in [0.15, 0.2) is 12.3 Å². The third kappa shape index (κ3) is 5.34. The van der Waals surface area contributed by atoms with E-state index in [4.69, 9.17) is 13.6 Å². The molecule has 9 nitrogen and oxygen atoms in total. The fraction of sp³-hybridized carbons (Fsp3) is 0.238. The summed E-state index contributed by atoms with van der Waals surface area (Å²) in [6, 6.07) is 12.5. The Hall–Kier alpha value is -3.88. The number of likely N-dealkylation sites (N-methyl/N-ethyl adjacent to an activating group) is 1. The van der Waals surface area contributed by atoms with E-state index < -0.39 is 18.5 Å². The van der Waals surface area contributed by atoms with Crippen LogP contribution in [0.4, 0.5) is 0 Å². The fourth-order valence-corrected chi connectivity index (χ4v) is 2.55. The Morgan fingerprint density at radius 1 is 1.13 bits per heavy atom. The van der Waals surface area contributed by atoms with Crippen molar-refractivity contribution < 1.29 is 28.0 Å². The minimum Gasteiger partial charge on any atom is -0.467 e. The number of nitrogens with one attached hydrogen (secondary N) is 1. The number of carbonyl (C=O) groups is 3. The summed E-state index contributed by atoms with van der Waals surface area (Å²) in [5.74, 6) is -0.491. The van der Waals surface area contributed by atoms with E-state index in [1.807, 2.05) is 18.2 Å². The Kier molecular flexibility index (Phi) is 6.63. The first-order chi connectivity index (χ1) is 14.4. The van der Waals surface area contributed by atoms with Crippen LogP contribution in [0.3, 0.4) is 0 Å². The van der Waals surface area contributed by atoms with Gasteiger partial charge in [0.25, 0.3) is 5.91 Å². The smallest absolute Gasteiger partial charge is 0.361 e. The summed E-state index contributed by atoms with van der Waals surface area (Å²) >= 11 is 0. The second-order valence-corrected chi connectivity index (χ2v) is 6.47. The highest BCUT2D eigenvalue weighted by molar-refractivity contribution is 5.91. The molecule has 0 aliphatic carbocycles. The van der Waals surface area contributed by atoms with E-state index in [-0.39, 0.29) is 36.3 Å². The van der Waals surface area contributed by atoms with E-state index in [0.29, 0.717) is 5.76 Å². The van der Waals surface area contributed by atoms with Crippen molar-refractivity contribution in [2.75, 3.05) is 20.2 Å². The molecule has 2 aromatic heterocycles. The average molecular weight is 411 g/mol. The normalized spacial score (nSPS) is 10.5. The summed E-state index contributed by atoms with van der Waals surface area (Å²) in [5, 5.41) is 2.63. The summed E-state index contributed by atoms with van der Waals surface area (Å²) in [7, 11) is 1.44. The van der Waals surface area contributed by atoms with E-state index in [0.717, 1.165) is 10.5 Å². The Morgan fingerprint density at radius 3 is 2.60 bits per heavy atom. The molecule has 0 aliphatic heterocycles. The molecule has 3 rings (SSSR count). The van der Waals surface area contributed by atoms with Crippen molar-refractivity contribution in [1.29, 1.82) is 0 Å². The highest BCUT2D eigenvalue weighted by Crippen LogP contribution is 2.21. The van der Waals surface area contributed by atoms with Crippen molar-refractivity contribution in [1.82, 2.24) is 15.2 Å². The predicted octanol–water partition coefficient (Wildman–Crippen LogP) is 2.17. The first-order valence-corrected chi connectivity index (χ1v) is 9.17. The minimum atomic E-state index is -0.776. The topological polar surface area (TPSA) is 115 Å². The Balaban J connectivity index is 1.48. The first kappa shape index (κ1) is 20.8. The molecule has 1 N–H and O–H groups in total. The Morgan fingerprint density at radius 2 is 1.90 bits per heavy atom. The average Bonchev–Trinajstić information content (AvgIpc) is 3.40. The largest absolute Gasteiger partial charge is 0.467 e. The molecule has 9 heteroatoms. The summed E-state index contributed by atoms with van der Waals surface area (Å²) in [5.41, 5.74) is 0.719. The van der Waals surface area contributed by atoms with Crippen LogP contribution >= 0.6 is 0 Å². The lowest BCUT2D eigenvalue weighted by atomic mass is 10.2. The van der Waals surface area contributed by atoms with Crippen LogP contribution in [0.15, 0.2) is 57.6 Å². The first-order valence-electron chi connectivity index (χ1n) is 9.17. The van der Waals surface area contributed by atoms with Gasteiger partial charge in [-0.15, -0.1) is 0 Å². The summed E-state index contributed by atoms with van der Waals surface area (Å²) in [6.45, 7) is 1.11. The van der Waals surface area contributed by atoms with Gasteiger partial charge < -0.3 is 23.8 Å². The molecule has 0 fully saturated rings. The molecule has 0 saturated heterocycles. The number of hydrogen-bond acceptors (Lipinski definition) is 7.